The number of amides is 3. The molecule has 0 aliphatic carbocycles. The van der Waals surface area contributed by atoms with Gasteiger partial charge in [-0.2, -0.15) is 0 Å². The Labute approximate surface area is 119 Å². The molecule has 2 rings (SSSR count). The number of aromatic nitrogens is 3. The maximum atomic E-state index is 11.4. The second kappa shape index (κ2) is 6.20. The molecular weight excluding hydrogens is 286 g/mol. The summed E-state index contributed by atoms with van der Waals surface area (Å²) in [6, 6.07) is 4.38. The maximum absolute atomic E-state index is 11.4. The summed E-state index contributed by atoms with van der Waals surface area (Å²) in [5.74, 6) is -0.596. The van der Waals surface area contributed by atoms with Crippen LogP contribution in [0.2, 0.25) is 5.02 Å². The zero-order valence-corrected chi connectivity index (χ0v) is 11.3. The molecule has 0 radical (unpaired) electrons. The zero-order valence-electron chi connectivity index (χ0n) is 10.6. The van der Waals surface area contributed by atoms with Gasteiger partial charge in [0.1, 0.15) is 11.0 Å². The first-order valence-corrected chi connectivity index (χ1v) is 6.20. The highest BCUT2D eigenvalue weighted by Crippen LogP contribution is 2.16. The van der Waals surface area contributed by atoms with Gasteiger partial charge in [0.05, 0.1) is 0 Å². The smallest absolute Gasteiger partial charge is 0.321 e. The highest BCUT2D eigenvalue weighted by molar-refractivity contribution is 6.31. The first-order chi connectivity index (χ1) is 9.60. The SMILES string of the molecule is CCNC(=O)NC(=O)COn1nnc2ccc(Cl)cc21. The van der Waals surface area contributed by atoms with Gasteiger partial charge in [0.15, 0.2) is 6.61 Å². The van der Waals surface area contributed by atoms with Crippen molar-refractivity contribution in [3.05, 3.63) is 23.2 Å². The van der Waals surface area contributed by atoms with Crippen molar-refractivity contribution in [1.29, 1.82) is 0 Å². The van der Waals surface area contributed by atoms with E-state index in [9.17, 15) is 9.59 Å². The Bertz CT molecular complexity index is 642. The van der Waals surface area contributed by atoms with Crippen LogP contribution in [0.15, 0.2) is 18.2 Å². The van der Waals surface area contributed by atoms with E-state index in [2.05, 4.69) is 20.9 Å². The third-order valence-electron chi connectivity index (χ3n) is 2.29. The summed E-state index contributed by atoms with van der Waals surface area (Å²) < 4.78 is 0. The summed E-state index contributed by atoms with van der Waals surface area (Å²) in [7, 11) is 0. The summed E-state index contributed by atoms with van der Waals surface area (Å²) in [4.78, 5) is 28.8. The normalized spacial score (nSPS) is 10.3. The van der Waals surface area contributed by atoms with Crippen LogP contribution in [0.1, 0.15) is 6.92 Å². The van der Waals surface area contributed by atoms with Crippen LogP contribution in [0.3, 0.4) is 0 Å². The number of halogens is 1. The lowest BCUT2D eigenvalue weighted by molar-refractivity contribution is -0.125. The van der Waals surface area contributed by atoms with Crippen molar-refractivity contribution in [1.82, 2.24) is 25.8 Å². The number of hydrogen-bond donors (Lipinski definition) is 2. The average Bonchev–Trinajstić information content (AvgIpc) is 2.79. The van der Waals surface area contributed by atoms with Gasteiger partial charge in [0, 0.05) is 11.6 Å². The molecule has 2 aromatic rings. The molecule has 20 heavy (non-hydrogen) atoms. The van der Waals surface area contributed by atoms with Crippen LogP contribution < -0.4 is 15.5 Å². The molecule has 9 heteroatoms. The van der Waals surface area contributed by atoms with Gasteiger partial charge in [0.2, 0.25) is 0 Å². The van der Waals surface area contributed by atoms with Crippen LogP contribution in [0.4, 0.5) is 4.79 Å². The third kappa shape index (κ3) is 3.35. The van der Waals surface area contributed by atoms with Crippen LogP contribution in [0, 0.1) is 0 Å². The van der Waals surface area contributed by atoms with E-state index in [0.29, 0.717) is 22.6 Å². The molecule has 1 heterocycles. The predicted molar refractivity (Wildman–Crippen MR) is 71.2 cm³/mol. The lowest BCUT2D eigenvalue weighted by Gasteiger charge is -2.06. The van der Waals surface area contributed by atoms with Gasteiger partial charge in [-0.25, -0.2) is 4.79 Å². The summed E-state index contributed by atoms with van der Waals surface area (Å²) in [6.07, 6.45) is 0. The van der Waals surface area contributed by atoms with Crippen LogP contribution in [0.5, 0.6) is 0 Å². The molecule has 0 unspecified atom stereocenters. The number of imide groups is 1. The molecule has 8 nitrogen and oxygen atoms in total. The summed E-state index contributed by atoms with van der Waals surface area (Å²) in [6.45, 7) is 1.79. The van der Waals surface area contributed by atoms with Crippen LogP contribution in [0.25, 0.3) is 11.0 Å². The van der Waals surface area contributed by atoms with Crippen molar-refractivity contribution in [2.24, 2.45) is 0 Å². The van der Waals surface area contributed by atoms with E-state index in [4.69, 9.17) is 16.4 Å². The van der Waals surface area contributed by atoms with Gasteiger partial charge in [-0.05, 0) is 30.3 Å². The van der Waals surface area contributed by atoms with E-state index in [0.717, 1.165) is 4.85 Å². The molecule has 0 saturated heterocycles. The summed E-state index contributed by atoms with van der Waals surface area (Å²) in [5, 5.41) is 12.6. The first kappa shape index (κ1) is 14.1. The van der Waals surface area contributed by atoms with Crippen molar-refractivity contribution in [3.8, 4) is 0 Å². The Kier molecular flexibility index (Phi) is 4.36. The Morgan fingerprint density at radius 1 is 1.45 bits per heavy atom. The zero-order chi connectivity index (χ0) is 14.5. The number of fused-ring (bicyclic) bond motifs is 1. The molecule has 0 atom stereocenters. The molecule has 1 aromatic heterocycles. The fourth-order valence-electron chi connectivity index (χ4n) is 1.45. The number of urea groups is 1. The van der Waals surface area contributed by atoms with Crippen molar-refractivity contribution in [2.75, 3.05) is 13.2 Å². The Morgan fingerprint density at radius 3 is 3.00 bits per heavy atom. The number of hydrogen-bond acceptors (Lipinski definition) is 5. The van der Waals surface area contributed by atoms with Crippen molar-refractivity contribution in [3.63, 3.8) is 0 Å². The minimum absolute atomic E-state index is 0.373. The molecule has 0 fully saturated rings. The highest BCUT2D eigenvalue weighted by atomic mass is 35.5. The van der Waals surface area contributed by atoms with Crippen molar-refractivity contribution < 1.29 is 14.4 Å². The number of carbonyl (C=O) groups is 2. The largest absolute Gasteiger partial charge is 0.385 e. The number of rotatable bonds is 4. The molecular formula is C11H12ClN5O3. The second-order valence-electron chi connectivity index (χ2n) is 3.78. The van der Waals surface area contributed by atoms with E-state index >= 15 is 0 Å². The van der Waals surface area contributed by atoms with E-state index < -0.39 is 11.9 Å². The van der Waals surface area contributed by atoms with E-state index in [1.807, 2.05) is 0 Å². The van der Waals surface area contributed by atoms with Crippen LogP contribution in [-0.2, 0) is 4.79 Å². The van der Waals surface area contributed by atoms with Gasteiger partial charge in [-0.1, -0.05) is 16.4 Å². The lowest BCUT2D eigenvalue weighted by Crippen LogP contribution is -2.42. The minimum atomic E-state index is -0.596. The molecule has 0 saturated carbocycles. The fourth-order valence-corrected chi connectivity index (χ4v) is 1.62. The number of benzene rings is 1. The summed E-state index contributed by atoms with van der Waals surface area (Å²) >= 11 is 5.86. The quantitative estimate of drug-likeness (QED) is 0.849. The Hall–Kier alpha value is -2.35. The van der Waals surface area contributed by atoms with Crippen LogP contribution >= 0.6 is 11.6 Å². The molecule has 1 aromatic carbocycles. The van der Waals surface area contributed by atoms with E-state index in [1.54, 1.807) is 25.1 Å². The monoisotopic (exact) mass is 297 g/mol. The average molecular weight is 298 g/mol. The maximum Gasteiger partial charge on any atom is 0.321 e. The van der Waals surface area contributed by atoms with Gasteiger partial charge < -0.3 is 10.2 Å². The molecule has 2 N–H and O–H groups in total. The van der Waals surface area contributed by atoms with E-state index in [1.165, 1.54) is 0 Å². The Morgan fingerprint density at radius 2 is 2.25 bits per heavy atom. The van der Waals surface area contributed by atoms with Gasteiger partial charge in [-0.3, -0.25) is 10.1 Å². The molecule has 0 bridgehead atoms. The fraction of sp³-hybridized carbons (Fsp3) is 0.273. The van der Waals surface area contributed by atoms with Crippen molar-refractivity contribution in [2.45, 2.75) is 6.92 Å². The topological polar surface area (TPSA) is 98.1 Å². The second-order valence-corrected chi connectivity index (χ2v) is 4.21. The molecule has 0 aliphatic heterocycles. The first-order valence-electron chi connectivity index (χ1n) is 5.82. The number of carbonyl (C=O) groups excluding carboxylic acids is 2. The molecule has 0 spiro atoms. The number of nitrogens with zero attached hydrogens (tertiary/aromatic N) is 3. The summed E-state index contributed by atoms with van der Waals surface area (Å²) in [5.41, 5.74) is 1.11. The molecule has 3 amide bonds. The predicted octanol–water partition coefficient (Wildman–Crippen LogP) is 0.359. The minimum Gasteiger partial charge on any atom is -0.385 e. The van der Waals surface area contributed by atoms with Gasteiger partial charge in [0.25, 0.3) is 5.91 Å². The Balaban J connectivity index is 1.97. The van der Waals surface area contributed by atoms with Gasteiger partial charge in [-0.15, -0.1) is 5.10 Å². The lowest BCUT2D eigenvalue weighted by atomic mass is 10.3. The third-order valence-corrected chi connectivity index (χ3v) is 2.52. The standard InChI is InChI=1S/C11H12ClN5O3/c1-2-13-11(19)14-10(18)6-20-17-9-5-7(12)3-4-8(9)15-16-17/h3-5H,2,6H2,1H3,(H2,13,14,18,19). The number of nitrogens with one attached hydrogen (secondary N) is 2. The highest BCUT2D eigenvalue weighted by Gasteiger charge is 2.10. The van der Waals surface area contributed by atoms with E-state index in [-0.39, 0.29) is 6.61 Å². The molecule has 106 valence electrons. The van der Waals surface area contributed by atoms with Crippen LogP contribution in [-0.4, -0.2) is 40.2 Å². The molecule has 0 aliphatic rings. The van der Waals surface area contributed by atoms with Crippen molar-refractivity contribution >= 4 is 34.6 Å². The van der Waals surface area contributed by atoms with Gasteiger partial charge >= 0.3 is 6.03 Å².